The largest absolute Gasteiger partial charge is 0.472 e. The van der Waals surface area contributed by atoms with Crippen LogP contribution in [0.4, 0.5) is 0 Å². The van der Waals surface area contributed by atoms with Gasteiger partial charge < -0.3 is 4.74 Å². The van der Waals surface area contributed by atoms with Gasteiger partial charge in [0.05, 0.1) is 18.0 Å². The number of pyridine rings is 1. The minimum absolute atomic E-state index is 0.00119. The molecule has 0 aliphatic carbocycles. The number of ether oxygens (including phenoxy) is 1. The van der Waals surface area contributed by atoms with Crippen LogP contribution in [-0.4, -0.2) is 36.9 Å². The maximum atomic E-state index is 12.7. The van der Waals surface area contributed by atoms with Crippen molar-refractivity contribution in [2.24, 2.45) is 0 Å². The van der Waals surface area contributed by atoms with Gasteiger partial charge in [-0.05, 0) is 36.1 Å². The lowest BCUT2D eigenvalue weighted by Gasteiger charge is -2.37. The smallest absolute Gasteiger partial charge is 0.243 e. The molecule has 2 heterocycles. The van der Waals surface area contributed by atoms with Crippen LogP contribution >= 0.6 is 0 Å². The fourth-order valence-corrected chi connectivity index (χ4v) is 4.21. The van der Waals surface area contributed by atoms with Gasteiger partial charge in [0, 0.05) is 11.8 Å². The van der Waals surface area contributed by atoms with Crippen LogP contribution in [0, 0.1) is 6.92 Å². The van der Waals surface area contributed by atoms with Gasteiger partial charge in [-0.1, -0.05) is 39.0 Å². The van der Waals surface area contributed by atoms with Gasteiger partial charge >= 0.3 is 0 Å². The van der Waals surface area contributed by atoms with Crippen LogP contribution in [0.5, 0.6) is 5.88 Å². The number of benzene rings is 1. The zero-order chi connectivity index (χ0) is 18.2. The summed E-state index contributed by atoms with van der Waals surface area (Å²) in [5, 5.41) is 0. The number of sulfonamides is 1. The second kappa shape index (κ2) is 6.42. The Morgan fingerprint density at radius 2 is 1.72 bits per heavy atom. The zero-order valence-corrected chi connectivity index (χ0v) is 15.9. The molecule has 1 aromatic heterocycles. The molecule has 0 spiro atoms. The average Bonchev–Trinajstić information content (AvgIpc) is 2.49. The highest BCUT2D eigenvalue weighted by Crippen LogP contribution is 2.27. The Morgan fingerprint density at radius 3 is 2.28 bits per heavy atom. The minimum Gasteiger partial charge on any atom is -0.472 e. The van der Waals surface area contributed by atoms with Gasteiger partial charge in [0.2, 0.25) is 15.9 Å². The van der Waals surface area contributed by atoms with Crippen LogP contribution in [0.15, 0.2) is 47.4 Å². The van der Waals surface area contributed by atoms with Crippen LogP contribution in [0.25, 0.3) is 0 Å². The first-order chi connectivity index (χ1) is 11.7. The van der Waals surface area contributed by atoms with Crippen molar-refractivity contribution in [3.05, 3.63) is 53.7 Å². The number of hydrogen-bond acceptors (Lipinski definition) is 4. The molecular weight excluding hydrogens is 336 g/mol. The molecule has 2 aromatic rings. The maximum Gasteiger partial charge on any atom is 0.243 e. The van der Waals surface area contributed by atoms with E-state index < -0.39 is 10.0 Å². The lowest BCUT2D eigenvalue weighted by molar-refractivity contribution is 0.0719. The first-order valence-corrected chi connectivity index (χ1v) is 9.81. The number of rotatable bonds is 4. The summed E-state index contributed by atoms with van der Waals surface area (Å²) < 4.78 is 32.5. The Morgan fingerprint density at radius 1 is 1.08 bits per heavy atom. The van der Waals surface area contributed by atoms with E-state index in [1.807, 2.05) is 31.2 Å². The Balaban J connectivity index is 1.65. The van der Waals surface area contributed by atoms with Crippen molar-refractivity contribution < 1.29 is 13.2 Å². The molecular formula is C19H24N2O3S. The van der Waals surface area contributed by atoms with Crippen molar-refractivity contribution in [2.45, 2.75) is 44.1 Å². The van der Waals surface area contributed by atoms with Crippen molar-refractivity contribution in [1.82, 2.24) is 9.29 Å². The quantitative estimate of drug-likeness (QED) is 0.840. The second-order valence-corrected chi connectivity index (χ2v) is 9.39. The lowest BCUT2D eigenvalue weighted by Crippen LogP contribution is -2.56. The fraction of sp³-hybridized carbons (Fsp3) is 0.421. The topological polar surface area (TPSA) is 59.5 Å². The molecule has 1 aromatic carbocycles. The number of nitrogens with zero attached hydrogens (tertiary/aromatic N) is 2. The summed E-state index contributed by atoms with van der Waals surface area (Å²) in [6.45, 7) is 8.90. The molecule has 0 amide bonds. The number of hydrogen-bond donors (Lipinski definition) is 0. The number of aromatic nitrogens is 1. The first-order valence-electron chi connectivity index (χ1n) is 8.37. The highest BCUT2D eigenvalue weighted by atomic mass is 32.2. The molecule has 0 unspecified atom stereocenters. The Hall–Kier alpha value is -1.92. The van der Waals surface area contributed by atoms with E-state index in [9.17, 15) is 8.42 Å². The molecule has 3 rings (SSSR count). The van der Waals surface area contributed by atoms with E-state index in [1.165, 1.54) is 4.31 Å². The van der Waals surface area contributed by atoms with Gasteiger partial charge in [0.25, 0.3) is 0 Å². The van der Waals surface area contributed by atoms with E-state index in [4.69, 9.17) is 4.74 Å². The lowest BCUT2D eigenvalue weighted by atomic mass is 9.87. The molecule has 0 radical (unpaired) electrons. The monoisotopic (exact) mass is 360 g/mol. The second-order valence-electron chi connectivity index (χ2n) is 7.45. The van der Waals surface area contributed by atoms with Gasteiger partial charge in [-0.15, -0.1) is 0 Å². The first kappa shape index (κ1) is 17.9. The highest BCUT2D eigenvalue weighted by Gasteiger charge is 2.38. The van der Waals surface area contributed by atoms with Crippen molar-refractivity contribution in [3.63, 3.8) is 0 Å². The highest BCUT2D eigenvalue weighted by molar-refractivity contribution is 7.89. The van der Waals surface area contributed by atoms with E-state index in [0.717, 1.165) is 11.3 Å². The molecule has 0 N–H and O–H groups in total. The van der Waals surface area contributed by atoms with Gasteiger partial charge in [-0.2, -0.15) is 4.31 Å². The summed E-state index contributed by atoms with van der Waals surface area (Å²) in [4.78, 5) is 4.61. The molecule has 1 fully saturated rings. The molecule has 0 atom stereocenters. The van der Waals surface area contributed by atoms with E-state index in [1.54, 1.807) is 18.2 Å². The molecule has 134 valence electrons. The van der Waals surface area contributed by atoms with Gasteiger partial charge in [-0.3, -0.25) is 0 Å². The molecule has 0 saturated carbocycles. The minimum atomic E-state index is -3.46. The Kier molecular flexibility index (Phi) is 4.60. The van der Waals surface area contributed by atoms with Crippen LogP contribution in [0.3, 0.4) is 0 Å². The summed E-state index contributed by atoms with van der Waals surface area (Å²) in [6, 6.07) is 12.7. The normalized spacial score (nSPS) is 16.5. The average molecular weight is 360 g/mol. The molecule has 1 aliphatic rings. The van der Waals surface area contributed by atoms with Crippen molar-refractivity contribution in [2.75, 3.05) is 13.1 Å². The molecule has 1 saturated heterocycles. The van der Waals surface area contributed by atoms with Crippen LogP contribution < -0.4 is 4.74 Å². The Bertz CT molecular complexity index is 849. The standard InChI is InChI=1S/C19H24N2O3S/c1-14-6-5-7-18(20-14)24-16-12-21(13-16)25(22,23)17-10-8-15(9-11-17)19(2,3)4/h5-11,16H,12-13H2,1-4H3. The van der Waals surface area contributed by atoms with Gasteiger partial charge in [0.15, 0.2) is 0 Å². The third-order valence-corrected chi connectivity index (χ3v) is 6.17. The predicted molar refractivity (Wildman–Crippen MR) is 97.3 cm³/mol. The predicted octanol–water partition coefficient (Wildman–Crippen LogP) is 3.14. The van der Waals surface area contributed by atoms with Crippen molar-refractivity contribution >= 4 is 10.0 Å². The molecule has 0 bridgehead atoms. The summed E-state index contributed by atoms with van der Waals surface area (Å²) in [7, 11) is -3.46. The molecule has 25 heavy (non-hydrogen) atoms. The van der Waals surface area contributed by atoms with Crippen molar-refractivity contribution in [1.29, 1.82) is 0 Å². The third-order valence-electron chi connectivity index (χ3n) is 4.32. The van der Waals surface area contributed by atoms with Gasteiger partial charge in [-0.25, -0.2) is 13.4 Å². The van der Waals surface area contributed by atoms with Crippen LogP contribution in [0.2, 0.25) is 0 Å². The van der Waals surface area contributed by atoms with E-state index in [-0.39, 0.29) is 11.5 Å². The molecule has 6 heteroatoms. The fourth-order valence-electron chi connectivity index (χ4n) is 2.70. The van der Waals surface area contributed by atoms with Crippen LogP contribution in [0.1, 0.15) is 32.0 Å². The van der Waals surface area contributed by atoms with Gasteiger partial charge in [0.1, 0.15) is 6.10 Å². The van der Waals surface area contributed by atoms with E-state index in [0.29, 0.717) is 23.9 Å². The van der Waals surface area contributed by atoms with Crippen molar-refractivity contribution in [3.8, 4) is 5.88 Å². The zero-order valence-electron chi connectivity index (χ0n) is 15.1. The third kappa shape index (κ3) is 3.85. The molecule has 1 aliphatic heterocycles. The summed E-state index contributed by atoms with van der Waals surface area (Å²) in [5.74, 6) is 0.538. The van der Waals surface area contributed by atoms with Crippen LogP contribution in [-0.2, 0) is 15.4 Å². The molecule has 5 nitrogen and oxygen atoms in total. The SMILES string of the molecule is Cc1cccc(OC2CN(S(=O)(=O)c3ccc(C(C)(C)C)cc3)C2)n1. The maximum absolute atomic E-state index is 12.7. The van der Waals surface area contributed by atoms with E-state index >= 15 is 0 Å². The summed E-state index contributed by atoms with van der Waals surface area (Å²) in [6.07, 6.45) is -0.155. The Labute approximate surface area is 149 Å². The number of aryl methyl sites for hydroxylation is 1. The summed E-state index contributed by atoms with van der Waals surface area (Å²) >= 11 is 0. The summed E-state index contributed by atoms with van der Waals surface area (Å²) in [5.41, 5.74) is 1.99. The van der Waals surface area contributed by atoms with E-state index in [2.05, 4.69) is 25.8 Å².